The molecule has 0 spiro atoms. The molecule has 4 rings (SSSR count). The highest BCUT2D eigenvalue weighted by molar-refractivity contribution is 7.14. The van der Waals surface area contributed by atoms with E-state index in [0.29, 0.717) is 29.7 Å². The van der Waals surface area contributed by atoms with Crippen LogP contribution in [0.5, 0.6) is 0 Å². The number of amides is 3. The van der Waals surface area contributed by atoms with Crippen molar-refractivity contribution in [3.63, 3.8) is 0 Å². The highest BCUT2D eigenvalue weighted by atomic mass is 32.1. The van der Waals surface area contributed by atoms with E-state index in [0.717, 1.165) is 25.2 Å². The lowest BCUT2D eigenvalue weighted by molar-refractivity contribution is 0.0952. The van der Waals surface area contributed by atoms with Gasteiger partial charge in [0.2, 0.25) is 0 Å². The third-order valence-corrected chi connectivity index (χ3v) is 4.90. The van der Waals surface area contributed by atoms with Crippen LogP contribution in [0.1, 0.15) is 29.0 Å². The van der Waals surface area contributed by atoms with Crippen LogP contribution in [0, 0.1) is 0 Å². The minimum Gasteiger partial charge on any atom is -0.349 e. The van der Waals surface area contributed by atoms with Gasteiger partial charge in [-0.25, -0.2) is 9.78 Å². The second-order valence-electron chi connectivity index (χ2n) is 5.80. The van der Waals surface area contributed by atoms with Crippen LogP contribution < -0.4 is 10.6 Å². The van der Waals surface area contributed by atoms with E-state index in [4.69, 9.17) is 0 Å². The number of nitrogens with zero attached hydrogens (tertiary/aromatic N) is 3. The van der Waals surface area contributed by atoms with Gasteiger partial charge in [0.15, 0.2) is 0 Å². The van der Waals surface area contributed by atoms with E-state index < -0.39 is 0 Å². The number of carbonyl (C=O) groups excluding carboxylic acids is 2. The summed E-state index contributed by atoms with van der Waals surface area (Å²) in [4.78, 5) is 30.6. The Balaban J connectivity index is 1.43. The molecule has 0 aromatic carbocycles. The lowest BCUT2D eigenvalue weighted by atomic mass is 10.3. The molecule has 2 N–H and O–H groups in total. The molecule has 0 atom stereocenters. The number of fused-ring (bicyclic) bond motifs is 1. The first-order valence-electron chi connectivity index (χ1n) is 7.65. The van der Waals surface area contributed by atoms with Crippen molar-refractivity contribution in [2.24, 2.45) is 0 Å². The molecule has 0 radical (unpaired) electrons. The van der Waals surface area contributed by atoms with E-state index in [-0.39, 0.29) is 11.9 Å². The smallest absolute Gasteiger partial charge is 0.322 e. The molecule has 0 unspecified atom stereocenters. The van der Waals surface area contributed by atoms with Crippen molar-refractivity contribution in [3.05, 3.63) is 35.2 Å². The third-order valence-electron chi connectivity index (χ3n) is 4.07. The van der Waals surface area contributed by atoms with Crippen molar-refractivity contribution in [2.75, 3.05) is 11.9 Å². The quantitative estimate of drug-likeness (QED) is 0.901. The Morgan fingerprint density at radius 3 is 3.00 bits per heavy atom. The van der Waals surface area contributed by atoms with Crippen LogP contribution in [-0.2, 0) is 13.1 Å². The maximum absolute atomic E-state index is 12.5. The number of hydrogen-bond donors (Lipinski definition) is 2. The van der Waals surface area contributed by atoms with Gasteiger partial charge in [0, 0.05) is 31.5 Å². The first-order valence-corrected chi connectivity index (χ1v) is 8.53. The topological polar surface area (TPSA) is 79.3 Å². The molecular weight excluding hydrogens is 314 g/mol. The summed E-state index contributed by atoms with van der Waals surface area (Å²) in [6.07, 6.45) is 5.75. The minimum atomic E-state index is -0.192. The first-order chi connectivity index (χ1) is 11.2. The summed E-state index contributed by atoms with van der Waals surface area (Å²) >= 11 is 1.36. The number of hydrogen-bond acceptors (Lipinski definition) is 4. The zero-order chi connectivity index (χ0) is 15.8. The number of anilines is 1. The van der Waals surface area contributed by atoms with Crippen molar-refractivity contribution in [2.45, 2.75) is 32.0 Å². The van der Waals surface area contributed by atoms with Gasteiger partial charge in [0.25, 0.3) is 5.91 Å². The Kier molecular flexibility index (Phi) is 3.53. The summed E-state index contributed by atoms with van der Waals surface area (Å²) in [6.45, 7) is 1.85. The van der Waals surface area contributed by atoms with Crippen molar-refractivity contribution >= 4 is 28.3 Å². The van der Waals surface area contributed by atoms with Crippen LogP contribution in [0.3, 0.4) is 0 Å². The maximum Gasteiger partial charge on any atom is 0.322 e. The number of imidazole rings is 1. The molecule has 1 saturated carbocycles. The van der Waals surface area contributed by atoms with Gasteiger partial charge in [-0.1, -0.05) is 0 Å². The molecule has 0 bridgehead atoms. The number of thiophene rings is 1. The molecule has 2 aromatic rings. The van der Waals surface area contributed by atoms with Gasteiger partial charge in [-0.2, -0.15) is 0 Å². The Morgan fingerprint density at radius 1 is 1.30 bits per heavy atom. The van der Waals surface area contributed by atoms with Crippen molar-refractivity contribution < 1.29 is 9.59 Å². The van der Waals surface area contributed by atoms with Gasteiger partial charge < -0.3 is 14.8 Å². The number of aromatic nitrogens is 2. The number of urea groups is 1. The highest BCUT2D eigenvalue weighted by Crippen LogP contribution is 2.26. The van der Waals surface area contributed by atoms with Crippen LogP contribution in [0.4, 0.5) is 9.80 Å². The molecule has 23 heavy (non-hydrogen) atoms. The monoisotopic (exact) mass is 331 g/mol. The molecule has 2 aliphatic rings. The summed E-state index contributed by atoms with van der Waals surface area (Å²) in [5.41, 5.74) is 0.536. The van der Waals surface area contributed by atoms with Gasteiger partial charge in [-0.05, 0) is 24.3 Å². The molecule has 1 fully saturated rings. The van der Waals surface area contributed by atoms with Gasteiger partial charge >= 0.3 is 6.03 Å². The summed E-state index contributed by atoms with van der Waals surface area (Å²) < 4.78 is 2.05. The second-order valence-corrected chi connectivity index (χ2v) is 6.72. The standard InChI is InChI=1S/C15H17N5O2S/c21-13(17-10-1-2-10)11-3-8-23-14(11)18-15(22)20-7-6-19-5-4-16-12(19)9-20/h3-5,8,10H,1-2,6-7,9H2,(H,17,21)(H,18,22). The van der Waals surface area contributed by atoms with E-state index in [1.165, 1.54) is 11.3 Å². The van der Waals surface area contributed by atoms with Gasteiger partial charge in [-0.3, -0.25) is 10.1 Å². The second kappa shape index (κ2) is 5.69. The molecule has 2 aromatic heterocycles. The Labute approximate surface area is 137 Å². The zero-order valence-electron chi connectivity index (χ0n) is 12.5. The van der Waals surface area contributed by atoms with E-state index in [2.05, 4.69) is 15.6 Å². The molecule has 7 nitrogen and oxygen atoms in total. The van der Waals surface area contributed by atoms with Crippen LogP contribution in [-0.4, -0.2) is 39.0 Å². The van der Waals surface area contributed by atoms with Crippen molar-refractivity contribution in [1.82, 2.24) is 19.8 Å². The van der Waals surface area contributed by atoms with E-state index in [1.807, 2.05) is 16.1 Å². The van der Waals surface area contributed by atoms with Crippen molar-refractivity contribution in [1.29, 1.82) is 0 Å². The summed E-state index contributed by atoms with van der Waals surface area (Å²) in [5.74, 6) is 0.766. The number of carbonyl (C=O) groups is 2. The Morgan fingerprint density at radius 2 is 2.17 bits per heavy atom. The van der Waals surface area contributed by atoms with Crippen LogP contribution in [0.2, 0.25) is 0 Å². The Hall–Kier alpha value is -2.35. The SMILES string of the molecule is O=C(NC1CC1)c1ccsc1NC(=O)N1CCn2ccnc2C1. The highest BCUT2D eigenvalue weighted by Gasteiger charge is 2.27. The summed E-state index contributed by atoms with van der Waals surface area (Å²) in [6, 6.07) is 1.86. The predicted molar refractivity (Wildman–Crippen MR) is 86.5 cm³/mol. The van der Waals surface area contributed by atoms with Crippen LogP contribution in [0.15, 0.2) is 23.8 Å². The summed E-state index contributed by atoms with van der Waals surface area (Å²) in [5, 5.41) is 8.23. The predicted octanol–water partition coefficient (Wildman–Crippen LogP) is 1.88. The summed E-state index contributed by atoms with van der Waals surface area (Å²) in [7, 11) is 0. The third kappa shape index (κ3) is 2.94. The largest absolute Gasteiger partial charge is 0.349 e. The fraction of sp³-hybridized carbons (Fsp3) is 0.400. The zero-order valence-corrected chi connectivity index (χ0v) is 13.3. The molecule has 8 heteroatoms. The number of nitrogens with one attached hydrogen (secondary N) is 2. The van der Waals surface area contributed by atoms with E-state index in [9.17, 15) is 9.59 Å². The molecule has 120 valence electrons. The lowest BCUT2D eigenvalue weighted by Gasteiger charge is -2.27. The van der Waals surface area contributed by atoms with Gasteiger partial charge in [0.05, 0.1) is 12.1 Å². The van der Waals surface area contributed by atoms with Gasteiger partial charge in [0.1, 0.15) is 10.8 Å². The minimum absolute atomic E-state index is 0.113. The normalized spacial score (nSPS) is 16.8. The van der Waals surface area contributed by atoms with Crippen LogP contribution in [0.25, 0.3) is 0 Å². The molecule has 1 aliphatic carbocycles. The Bertz CT molecular complexity index is 749. The lowest BCUT2D eigenvalue weighted by Crippen LogP contribution is -2.41. The van der Waals surface area contributed by atoms with Crippen molar-refractivity contribution in [3.8, 4) is 0 Å². The molecule has 3 amide bonds. The van der Waals surface area contributed by atoms with E-state index >= 15 is 0 Å². The fourth-order valence-electron chi connectivity index (χ4n) is 2.60. The molecule has 3 heterocycles. The maximum atomic E-state index is 12.5. The number of rotatable bonds is 3. The molecule has 0 saturated heterocycles. The first kappa shape index (κ1) is 14.3. The average molecular weight is 331 g/mol. The fourth-order valence-corrected chi connectivity index (χ4v) is 3.37. The molecular formula is C15H17N5O2S. The van der Waals surface area contributed by atoms with Crippen LogP contribution >= 0.6 is 11.3 Å². The van der Waals surface area contributed by atoms with E-state index in [1.54, 1.807) is 17.2 Å². The van der Waals surface area contributed by atoms with Gasteiger partial charge in [-0.15, -0.1) is 11.3 Å². The molecule has 1 aliphatic heterocycles. The average Bonchev–Trinajstić information content (AvgIpc) is 3.05.